The zero-order valence-corrected chi connectivity index (χ0v) is 11.0. The third-order valence-corrected chi connectivity index (χ3v) is 3.76. The van der Waals surface area contributed by atoms with Crippen molar-refractivity contribution in [1.29, 1.82) is 0 Å². The Balaban J connectivity index is 2.17. The number of halogens is 1. The second-order valence-electron chi connectivity index (χ2n) is 4.93. The minimum absolute atomic E-state index is 0.0437. The van der Waals surface area contributed by atoms with Crippen molar-refractivity contribution in [2.75, 3.05) is 32.0 Å². The van der Waals surface area contributed by atoms with Crippen LogP contribution in [0.3, 0.4) is 0 Å². The molecular weight excluding hydrogens is 234 g/mol. The van der Waals surface area contributed by atoms with Gasteiger partial charge in [0.1, 0.15) is 0 Å². The molecule has 3 nitrogen and oxygen atoms in total. The second-order valence-corrected chi connectivity index (χ2v) is 5.34. The van der Waals surface area contributed by atoms with E-state index in [2.05, 4.69) is 17.3 Å². The summed E-state index contributed by atoms with van der Waals surface area (Å²) in [5.41, 5.74) is 6.90. The molecule has 0 amide bonds. The molecule has 1 aromatic rings. The maximum absolute atomic E-state index is 6.18. The van der Waals surface area contributed by atoms with Crippen LogP contribution in [0.25, 0.3) is 0 Å². The van der Waals surface area contributed by atoms with E-state index in [0.717, 1.165) is 30.2 Å². The van der Waals surface area contributed by atoms with E-state index in [1.54, 1.807) is 0 Å². The maximum Gasteiger partial charge on any atom is 0.0637 e. The van der Waals surface area contributed by atoms with Crippen LogP contribution >= 0.6 is 11.6 Å². The van der Waals surface area contributed by atoms with Gasteiger partial charge in [-0.1, -0.05) is 23.7 Å². The molecule has 1 unspecified atom stereocenters. The van der Waals surface area contributed by atoms with Gasteiger partial charge in [0.15, 0.2) is 0 Å². The minimum Gasteiger partial charge on any atom is -0.376 e. The molecule has 94 valence electrons. The van der Waals surface area contributed by atoms with Gasteiger partial charge in [-0.25, -0.2) is 0 Å². The predicted molar refractivity (Wildman–Crippen MR) is 73.6 cm³/mol. The van der Waals surface area contributed by atoms with Crippen LogP contribution in [0.5, 0.6) is 0 Å². The summed E-state index contributed by atoms with van der Waals surface area (Å²) in [5, 5.41) is 4.30. The highest BCUT2D eigenvalue weighted by Crippen LogP contribution is 2.28. The molecule has 0 bridgehead atoms. The van der Waals surface area contributed by atoms with Gasteiger partial charge in [-0.3, -0.25) is 0 Å². The Hall–Kier alpha value is -0.770. The first-order chi connectivity index (χ1) is 8.15. The van der Waals surface area contributed by atoms with Gasteiger partial charge in [-0.05, 0) is 38.6 Å². The molecule has 3 N–H and O–H groups in total. The van der Waals surface area contributed by atoms with Gasteiger partial charge in [-0.2, -0.15) is 0 Å². The van der Waals surface area contributed by atoms with E-state index in [1.165, 1.54) is 6.42 Å². The Kier molecular flexibility index (Phi) is 3.92. The first kappa shape index (κ1) is 12.7. The monoisotopic (exact) mass is 253 g/mol. The summed E-state index contributed by atoms with van der Waals surface area (Å²) < 4.78 is 0. The fourth-order valence-electron chi connectivity index (χ4n) is 2.53. The number of nitrogens with two attached hydrogens (primary N) is 1. The van der Waals surface area contributed by atoms with Crippen molar-refractivity contribution in [2.45, 2.75) is 18.4 Å². The van der Waals surface area contributed by atoms with Crippen molar-refractivity contribution >= 4 is 17.3 Å². The van der Waals surface area contributed by atoms with Crippen molar-refractivity contribution in [3.8, 4) is 0 Å². The number of hydrogen-bond donors (Lipinski definition) is 2. The molecule has 0 saturated carbocycles. The molecule has 0 spiro atoms. The first-order valence-corrected chi connectivity index (χ1v) is 6.44. The number of nitrogens with one attached hydrogen (secondary N) is 1. The van der Waals surface area contributed by atoms with E-state index in [0.29, 0.717) is 6.54 Å². The topological polar surface area (TPSA) is 41.3 Å². The highest BCUT2D eigenvalue weighted by Gasteiger charge is 2.33. The largest absolute Gasteiger partial charge is 0.376 e. The summed E-state index contributed by atoms with van der Waals surface area (Å²) in [5.74, 6) is 0. The number of benzene rings is 1. The number of hydrogen-bond acceptors (Lipinski definition) is 3. The van der Waals surface area contributed by atoms with Gasteiger partial charge in [-0.15, -0.1) is 0 Å². The highest BCUT2D eigenvalue weighted by molar-refractivity contribution is 6.33. The van der Waals surface area contributed by atoms with Gasteiger partial charge in [0, 0.05) is 13.1 Å². The SMILES string of the molecule is CN1CCCC(CN)(Nc2ccccc2Cl)C1. The second kappa shape index (κ2) is 5.25. The number of piperidine rings is 1. The molecule has 1 aliphatic heterocycles. The molecule has 1 aliphatic rings. The van der Waals surface area contributed by atoms with Gasteiger partial charge in [0.25, 0.3) is 0 Å². The Bertz CT molecular complexity index is 383. The van der Waals surface area contributed by atoms with Crippen LogP contribution in [0.15, 0.2) is 24.3 Å². The average molecular weight is 254 g/mol. The molecule has 17 heavy (non-hydrogen) atoms. The number of likely N-dealkylation sites (tertiary alicyclic amines) is 1. The quantitative estimate of drug-likeness (QED) is 0.868. The lowest BCUT2D eigenvalue weighted by molar-refractivity contribution is 0.198. The zero-order valence-electron chi connectivity index (χ0n) is 10.2. The van der Waals surface area contributed by atoms with Crippen LogP contribution < -0.4 is 11.1 Å². The minimum atomic E-state index is -0.0437. The summed E-state index contributed by atoms with van der Waals surface area (Å²) in [6.07, 6.45) is 2.27. The maximum atomic E-state index is 6.18. The summed E-state index contributed by atoms with van der Waals surface area (Å²) in [6, 6.07) is 7.84. The van der Waals surface area contributed by atoms with Crippen molar-refractivity contribution in [2.24, 2.45) is 5.73 Å². The first-order valence-electron chi connectivity index (χ1n) is 6.06. The van der Waals surface area contributed by atoms with Crippen LogP contribution in [0.1, 0.15) is 12.8 Å². The number of anilines is 1. The predicted octanol–water partition coefficient (Wildman–Crippen LogP) is 2.17. The third kappa shape index (κ3) is 2.92. The highest BCUT2D eigenvalue weighted by atomic mass is 35.5. The number of para-hydroxylation sites is 1. The summed E-state index contributed by atoms with van der Waals surface area (Å²) in [4.78, 5) is 2.32. The standard InChI is InChI=1S/C13H20ClN3/c1-17-8-4-7-13(9-15,10-17)16-12-6-3-2-5-11(12)14/h2-3,5-6,16H,4,7-10,15H2,1H3. The van der Waals surface area contributed by atoms with Crippen molar-refractivity contribution in [3.05, 3.63) is 29.3 Å². The lowest BCUT2D eigenvalue weighted by atomic mass is 9.89. The lowest BCUT2D eigenvalue weighted by Gasteiger charge is -2.42. The average Bonchev–Trinajstić information content (AvgIpc) is 2.32. The van der Waals surface area contributed by atoms with E-state index in [9.17, 15) is 0 Å². The summed E-state index contributed by atoms with van der Waals surface area (Å²) >= 11 is 6.18. The van der Waals surface area contributed by atoms with Crippen molar-refractivity contribution < 1.29 is 0 Å². The Morgan fingerprint density at radius 3 is 2.88 bits per heavy atom. The van der Waals surface area contributed by atoms with E-state index in [1.807, 2.05) is 24.3 Å². The molecule has 1 saturated heterocycles. The fourth-order valence-corrected chi connectivity index (χ4v) is 2.71. The van der Waals surface area contributed by atoms with Gasteiger partial charge < -0.3 is 16.0 Å². The molecule has 0 aliphatic carbocycles. The Morgan fingerprint density at radius 2 is 2.24 bits per heavy atom. The summed E-state index contributed by atoms with van der Waals surface area (Å²) in [6.45, 7) is 2.74. The Morgan fingerprint density at radius 1 is 1.47 bits per heavy atom. The lowest BCUT2D eigenvalue weighted by Crippen LogP contribution is -2.56. The van der Waals surface area contributed by atoms with E-state index in [4.69, 9.17) is 17.3 Å². The van der Waals surface area contributed by atoms with Crippen LogP contribution in [0.4, 0.5) is 5.69 Å². The molecule has 1 atom stereocenters. The normalized spacial score (nSPS) is 25.8. The molecule has 4 heteroatoms. The van der Waals surface area contributed by atoms with Crippen LogP contribution in [0, 0.1) is 0 Å². The van der Waals surface area contributed by atoms with Gasteiger partial charge in [0.2, 0.25) is 0 Å². The molecule has 1 fully saturated rings. The van der Waals surface area contributed by atoms with E-state index < -0.39 is 0 Å². The molecule has 0 radical (unpaired) electrons. The molecule has 1 aromatic carbocycles. The number of likely N-dealkylation sites (N-methyl/N-ethyl adjacent to an activating group) is 1. The van der Waals surface area contributed by atoms with Crippen LogP contribution in [0.2, 0.25) is 5.02 Å². The third-order valence-electron chi connectivity index (χ3n) is 3.43. The smallest absolute Gasteiger partial charge is 0.0637 e. The van der Waals surface area contributed by atoms with E-state index >= 15 is 0 Å². The van der Waals surface area contributed by atoms with Crippen molar-refractivity contribution in [1.82, 2.24) is 4.90 Å². The van der Waals surface area contributed by atoms with Gasteiger partial charge >= 0.3 is 0 Å². The summed E-state index contributed by atoms with van der Waals surface area (Å²) in [7, 11) is 2.14. The van der Waals surface area contributed by atoms with E-state index in [-0.39, 0.29) is 5.54 Å². The fraction of sp³-hybridized carbons (Fsp3) is 0.538. The zero-order chi connectivity index (χ0) is 12.3. The molecule has 0 aromatic heterocycles. The number of rotatable bonds is 3. The molecule has 2 rings (SSSR count). The Labute approximate surface area is 108 Å². The van der Waals surface area contributed by atoms with Crippen LogP contribution in [-0.4, -0.2) is 37.1 Å². The van der Waals surface area contributed by atoms with Gasteiger partial charge in [0.05, 0.1) is 16.2 Å². The molecular formula is C13H20ClN3. The van der Waals surface area contributed by atoms with Crippen molar-refractivity contribution in [3.63, 3.8) is 0 Å². The number of nitrogens with zero attached hydrogens (tertiary/aromatic N) is 1. The van der Waals surface area contributed by atoms with Crippen LogP contribution in [-0.2, 0) is 0 Å². The molecule has 1 heterocycles.